The van der Waals surface area contributed by atoms with Gasteiger partial charge in [0.1, 0.15) is 0 Å². The Bertz CT molecular complexity index is 557. The Morgan fingerprint density at radius 3 is 2.75 bits per heavy atom. The van der Waals surface area contributed by atoms with Crippen LogP contribution in [-0.2, 0) is 6.54 Å². The Hall–Kier alpha value is -1.04. The largest absolute Gasteiger partial charge is 0.338 e. The van der Waals surface area contributed by atoms with Crippen LogP contribution in [0.1, 0.15) is 22.3 Å². The zero-order chi connectivity index (χ0) is 16.9. The molecule has 2 saturated heterocycles. The van der Waals surface area contributed by atoms with Crippen molar-refractivity contribution in [3.8, 4) is 0 Å². The highest BCUT2D eigenvalue weighted by Crippen LogP contribution is 2.22. The highest BCUT2D eigenvalue weighted by atomic mass is 32.2. The third-order valence-electron chi connectivity index (χ3n) is 5.15. The van der Waals surface area contributed by atoms with Crippen molar-refractivity contribution in [1.29, 1.82) is 0 Å². The maximum absolute atomic E-state index is 12.8. The van der Waals surface area contributed by atoms with Gasteiger partial charge in [0.2, 0.25) is 0 Å². The first-order valence-electron chi connectivity index (χ1n) is 8.94. The summed E-state index contributed by atoms with van der Waals surface area (Å²) >= 11 is 1.88. The number of likely N-dealkylation sites (tertiary alicyclic amines) is 1. The van der Waals surface area contributed by atoms with Gasteiger partial charge in [0.15, 0.2) is 0 Å². The Kier molecular flexibility index (Phi) is 6.19. The number of carbonyl (C=O) groups excluding carboxylic acids is 1. The molecule has 0 aliphatic carbocycles. The smallest absolute Gasteiger partial charge is 0.253 e. The fourth-order valence-corrected chi connectivity index (χ4v) is 4.38. The van der Waals surface area contributed by atoms with Crippen molar-refractivity contribution in [2.24, 2.45) is 5.92 Å². The van der Waals surface area contributed by atoms with Gasteiger partial charge in [-0.25, -0.2) is 0 Å². The molecule has 1 amide bonds. The molecule has 0 radical (unpaired) electrons. The summed E-state index contributed by atoms with van der Waals surface area (Å²) in [5.41, 5.74) is 2.11. The number of rotatable bonds is 5. The number of hydrogen-bond acceptors (Lipinski definition) is 4. The number of thioether (sulfide) groups is 1. The lowest BCUT2D eigenvalue weighted by molar-refractivity contribution is 0.0788. The van der Waals surface area contributed by atoms with Gasteiger partial charge in [-0.15, -0.1) is 0 Å². The molecular formula is C19H29N3OS. The van der Waals surface area contributed by atoms with E-state index >= 15 is 0 Å². The molecule has 1 aromatic rings. The van der Waals surface area contributed by atoms with Crippen LogP contribution in [-0.4, -0.2) is 78.9 Å². The average molecular weight is 348 g/mol. The summed E-state index contributed by atoms with van der Waals surface area (Å²) in [7, 11) is 2.18. The van der Waals surface area contributed by atoms with E-state index < -0.39 is 0 Å². The van der Waals surface area contributed by atoms with Crippen molar-refractivity contribution in [3.05, 3.63) is 35.4 Å². The van der Waals surface area contributed by atoms with Gasteiger partial charge < -0.3 is 9.80 Å². The van der Waals surface area contributed by atoms with Gasteiger partial charge in [0.05, 0.1) is 0 Å². The molecule has 2 heterocycles. The summed E-state index contributed by atoms with van der Waals surface area (Å²) in [5, 5.41) is 0. The molecule has 0 N–H and O–H groups in total. The topological polar surface area (TPSA) is 26.8 Å². The van der Waals surface area contributed by atoms with Gasteiger partial charge in [-0.05, 0) is 49.1 Å². The highest BCUT2D eigenvalue weighted by Gasteiger charge is 2.26. The van der Waals surface area contributed by atoms with Crippen LogP contribution in [0.3, 0.4) is 0 Å². The first kappa shape index (κ1) is 17.8. The SMILES string of the molecule is CSC[C@@H]1CCN(C(=O)c2cccc(CN3CCN(C)CC3)c2)C1. The summed E-state index contributed by atoms with van der Waals surface area (Å²) in [6.45, 7) is 7.25. The molecule has 1 atom stereocenters. The van der Waals surface area contributed by atoms with Crippen molar-refractivity contribution >= 4 is 17.7 Å². The minimum Gasteiger partial charge on any atom is -0.338 e. The van der Waals surface area contributed by atoms with E-state index in [1.165, 1.54) is 5.56 Å². The summed E-state index contributed by atoms with van der Waals surface area (Å²) in [4.78, 5) is 19.7. The molecule has 0 spiro atoms. The minimum absolute atomic E-state index is 0.207. The molecule has 2 fully saturated rings. The van der Waals surface area contributed by atoms with E-state index in [9.17, 15) is 4.79 Å². The van der Waals surface area contributed by atoms with Crippen LogP contribution in [0.5, 0.6) is 0 Å². The van der Waals surface area contributed by atoms with Crippen LogP contribution in [0.4, 0.5) is 0 Å². The van der Waals surface area contributed by atoms with Crippen LogP contribution >= 0.6 is 11.8 Å². The molecule has 0 saturated carbocycles. The molecule has 1 aromatic carbocycles. The van der Waals surface area contributed by atoms with Crippen LogP contribution in [0.2, 0.25) is 0 Å². The monoisotopic (exact) mass is 347 g/mol. The Morgan fingerprint density at radius 1 is 1.21 bits per heavy atom. The normalized spacial score (nSPS) is 22.9. The van der Waals surface area contributed by atoms with Crippen molar-refractivity contribution in [1.82, 2.24) is 14.7 Å². The molecule has 132 valence electrons. The van der Waals surface area contributed by atoms with Gasteiger partial charge in [-0.3, -0.25) is 9.69 Å². The number of nitrogens with zero attached hydrogens (tertiary/aromatic N) is 3. The first-order chi connectivity index (χ1) is 11.7. The van der Waals surface area contributed by atoms with Gasteiger partial charge in [-0.1, -0.05) is 12.1 Å². The van der Waals surface area contributed by atoms with E-state index in [0.717, 1.165) is 63.6 Å². The summed E-state index contributed by atoms with van der Waals surface area (Å²) in [6.07, 6.45) is 3.29. The quantitative estimate of drug-likeness (QED) is 0.816. The molecule has 0 aromatic heterocycles. The number of likely N-dealkylation sites (N-methyl/N-ethyl adjacent to an activating group) is 1. The molecule has 5 heteroatoms. The molecule has 24 heavy (non-hydrogen) atoms. The summed E-state index contributed by atoms with van der Waals surface area (Å²) in [6, 6.07) is 8.25. The molecular weight excluding hydrogens is 318 g/mol. The standard InChI is InChI=1S/C19H29N3OS/c1-20-8-10-21(11-9-20)13-16-4-3-5-18(12-16)19(23)22-7-6-17(14-22)15-24-2/h3-5,12,17H,6-11,13-15H2,1-2H3/t17-/m1/s1. The van der Waals surface area contributed by atoms with Gasteiger partial charge in [0.25, 0.3) is 5.91 Å². The first-order valence-corrected chi connectivity index (χ1v) is 10.3. The Morgan fingerprint density at radius 2 is 2.00 bits per heavy atom. The van der Waals surface area contributed by atoms with Crippen molar-refractivity contribution in [2.45, 2.75) is 13.0 Å². The van der Waals surface area contributed by atoms with Gasteiger partial charge in [-0.2, -0.15) is 11.8 Å². The molecule has 3 rings (SSSR count). The summed E-state index contributed by atoms with van der Waals surface area (Å²) < 4.78 is 0. The maximum atomic E-state index is 12.8. The van der Waals surface area contributed by atoms with E-state index in [1.54, 1.807) is 0 Å². The highest BCUT2D eigenvalue weighted by molar-refractivity contribution is 7.98. The predicted molar refractivity (Wildman–Crippen MR) is 102 cm³/mol. The van der Waals surface area contributed by atoms with Gasteiger partial charge >= 0.3 is 0 Å². The molecule has 2 aliphatic rings. The molecule has 0 unspecified atom stereocenters. The lowest BCUT2D eigenvalue weighted by Gasteiger charge is -2.32. The maximum Gasteiger partial charge on any atom is 0.253 e. The molecule has 2 aliphatic heterocycles. The Labute approximate surface area is 150 Å². The van der Waals surface area contributed by atoms with Gasteiger partial charge in [0, 0.05) is 51.4 Å². The number of amides is 1. The average Bonchev–Trinajstić information content (AvgIpc) is 3.06. The number of benzene rings is 1. The third kappa shape index (κ3) is 4.52. The van der Waals surface area contributed by atoms with E-state index in [0.29, 0.717) is 5.92 Å². The fourth-order valence-electron chi connectivity index (χ4n) is 3.64. The molecule has 0 bridgehead atoms. The van der Waals surface area contributed by atoms with E-state index in [2.05, 4.69) is 35.2 Å². The van der Waals surface area contributed by atoms with Crippen molar-refractivity contribution in [2.75, 3.05) is 58.3 Å². The summed E-state index contributed by atoms with van der Waals surface area (Å²) in [5.74, 6) is 2.03. The Balaban J connectivity index is 1.59. The second kappa shape index (κ2) is 8.37. The van der Waals surface area contributed by atoms with Crippen molar-refractivity contribution < 1.29 is 4.79 Å². The van der Waals surface area contributed by atoms with E-state index in [4.69, 9.17) is 0 Å². The predicted octanol–water partition coefficient (Wildman–Crippen LogP) is 2.26. The van der Waals surface area contributed by atoms with Crippen LogP contribution in [0.25, 0.3) is 0 Å². The van der Waals surface area contributed by atoms with Crippen LogP contribution in [0, 0.1) is 5.92 Å². The lowest BCUT2D eigenvalue weighted by Crippen LogP contribution is -2.43. The van der Waals surface area contributed by atoms with E-state index in [1.807, 2.05) is 28.8 Å². The minimum atomic E-state index is 0.207. The van der Waals surface area contributed by atoms with Crippen LogP contribution in [0.15, 0.2) is 24.3 Å². The zero-order valence-electron chi connectivity index (χ0n) is 14.9. The second-order valence-corrected chi connectivity index (χ2v) is 8.05. The lowest BCUT2D eigenvalue weighted by atomic mass is 10.1. The molecule has 4 nitrogen and oxygen atoms in total. The second-order valence-electron chi connectivity index (χ2n) is 7.14. The number of piperazine rings is 1. The zero-order valence-corrected chi connectivity index (χ0v) is 15.7. The third-order valence-corrected chi connectivity index (χ3v) is 5.96. The number of carbonyl (C=O) groups is 1. The van der Waals surface area contributed by atoms with Crippen LogP contribution < -0.4 is 0 Å². The number of hydrogen-bond donors (Lipinski definition) is 0. The fraction of sp³-hybridized carbons (Fsp3) is 0.632. The van der Waals surface area contributed by atoms with Crippen molar-refractivity contribution in [3.63, 3.8) is 0 Å². The van der Waals surface area contributed by atoms with E-state index in [-0.39, 0.29) is 5.91 Å².